The summed E-state index contributed by atoms with van der Waals surface area (Å²) < 4.78 is 12.1. The summed E-state index contributed by atoms with van der Waals surface area (Å²) in [6.45, 7) is 12.8. The van der Waals surface area contributed by atoms with Gasteiger partial charge < -0.3 is 9.47 Å². The molecule has 1 aliphatic heterocycles. The van der Waals surface area contributed by atoms with Crippen molar-refractivity contribution in [2.45, 2.75) is 137 Å². The van der Waals surface area contributed by atoms with Crippen LogP contribution in [-0.2, 0) is 9.47 Å². The van der Waals surface area contributed by atoms with Gasteiger partial charge in [-0.2, -0.15) is 0 Å². The van der Waals surface area contributed by atoms with E-state index in [2.05, 4.69) is 20.8 Å². The first-order valence-electron chi connectivity index (χ1n) is 12.2. The fourth-order valence-corrected chi connectivity index (χ4v) is 4.28. The van der Waals surface area contributed by atoms with Crippen molar-refractivity contribution in [2.75, 3.05) is 13.2 Å². The average Bonchev–Trinajstić information content (AvgIpc) is 2.66. The molecule has 0 aromatic heterocycles. The lowest BCUT2D eigenvalue weighted by Gasteiger charge is -2.43. The van der Waals surface area contributed by atoms with E-state index in [1.54, 1.807) is 0 Å². The molecule has 1 saturated heterocycles. The zero-order valence-corrected chi connectivity index (χ0v) is 19.4. The molecule has 1 aliphatic rings. The Labute approximate surface area is 171 Å². The van der Waals surface area contributed by atoms with Crippen molar-refractivity contribution in [2.24, 2.45) is 11.3 Å². The number of hydrogen-bond donors (Lipinski definition) is 0. The quantitative estimate of drug-likeness (QED) is 0.250. The van der Waals surface area contributed by atoms with Crippen LogP contribution in [0.3, 0.4) is 0 Å². The molecule has 0 radical (unpaired) electrons. The third-order valence-corrected chi connectivity index (χ3v) is 6.72. The molecule has 0 aromatic rings. The highest BCUT2D eigenvalue weighted by Crippen LogP contribution is 2.38. The summed E-state index contributed by atoms with van der Waals surface area (Å²) in [5.41, 5.74) is 0.248. The van der Waals surface area contributed by atoms with E-state index in [-0.39, 0.29) is 5.41 Å². The Morgan fingerprint density at radius 2 is 1.15 bits per heavy atom. The predicted octanol–water partition coefficient (Wildman–Crippen LogP) is 8.28. The second-order valence-electron chi connectivity index (χ2n) is 9.64. The molecule has 0 saturated carbocycles. The van der Waals surface area contributed by atoms with Crippen LogP contribution in [0.2, 0.25) is 0 Å². The molecule has 27 heavy (non-hydrogen) atoms. The predicted molar refractivity (Wildman–Crippen MR) is 118 cm³/mol. The SMILES string of the molecule is CCCCCCCCC(CCCCCC)CCC1(CC)COC(C)(C)OC1. The fraction of sp³-hybridized carbons (Fsp3) is 1.00. The molecule has 0 aromatic carbocycles. The number of rotatable bonds is 16. The normalized spacial score (nSPS) is 19.9. The number of hydrogen-bond acceptors (Lipinski definition) is 2. The summed E-state index contributed by atoms with van der Waals surface area (Å²) in [6.07, 6.45) is 20.8. The van der Waals surface area contributed by atoms with Crippen LogP contribution in [0.4, 0.5) is 0 Å². The smallest absolute Gasteiger partial charge is 0.162 e. The highest BCUT2D eigenvalue weighted by Gasteiger charge is 2.38. The van der Waals surface area contributed by atoms with Gasteiger partial charge in [-0.15, -0.1) is 0 Å². The first-order chi connectivity index (χ1) is 13.0. The maximum absolute atomic E-state index is 6.03. The van der Waals surface area contributed by atoms with Crippen LogP contribution >= 0.6 is 0 Å². The van der Waals surface area contributed by atoms with Crippen LogP contribution < -0.4 is 0 Å². The lowest BCUT2D eigenvalue weighted by molar-refractivity contribution is -0.287. The van der Waals surface area contributed by atoms with Crippen molar-refractivity contribution in [1.82, 2.24) is 0 Å². The van der Waals surface area contributed by atoms with Gasteiger partial charge in [0.1, 0.15) is 0 Å². The van der Waals surface area contributed by atoms with Crippen molar-refractivity contribution in [3.63, 3.8) is 0 Å². The Morgan fingerprint density at radius 1 is 0.667 bits per heavy atom. The lowest BCUT2D eigenvalue weighted by Crippen LogP contribution is -2.46. The summed E-state index contributed by atoms with van der Waals surface area (Å²) >= 11 is 0. The van der Waals surface area contributed by atoms with Crippen LogP contribution in [0.1, 0.15) is 131 Å². The monoisotopic (exact) mass is 382 g/mol. The van der Waals surface area contributed by atoms with Crippen LogP contribution in [0.15, 0.2) is 0 Å². The Balaban J connectivity index is 2.41. The summed E-state index contributed by atoms with van der Waals surface area (Å²) in [5.74, 6) is 0.517. The molecular weight excluding hydrogens is 332 g/mol. The average molecular weight is 383 g/mol. The van der Waals surface area contributed by atoms with Crippen molar-refractivity contribution in [1.29, 1.82) is 0 Å². The Morgan fingerprint density at radius 3 is 1.67 bits per heavy atom. The topological polar surface area (TPSA) is 18.5 Å². The third-order valence-electron chi connectivity index (χ3n) is 6.72. The molecule has 0 aliphatic carbocycles. The number of ether oxygens (including phenoxy) is 2. The van der Waals surface area contributed by atoms with Crippen LogP contribution in [-0.4, -0.2) is 19.0 Å². The minimum atomic E-state index is -0.392. The van der Waals surface area contributed by atoms with Crippen molar-refractivity contribution >= 4 is 0 Å². The Hall–Kier alpha value is -0.0800. The van der Waals surface area contributed by atoms with Crippen molar-refractivity contribution in [3.05, 3.63) is 0 Å². The molecule has 1 fully saturated rings. The van der Waals surface area contributed by atoms with Gasteiger partial charge in [-0.25, -0.2) is 0 Å². The zero-order chi connectivity index (χ0) is 20.0. The standard InChI is InChI=1S/C25H50O2/c1-6-9-11-13-14-16-18-23(17-15-12-10-7-2)19-20-25(8-3)21-26-24(4,5)27-22-25/h23H,6-22H2,1-5H3. The molecule has 1 rings (SSSR count). The molecule has 2 heteroatoms. The summed E-state index contributed by atoms with van der Waals surface area (Å²) in [5, 5.41) is 0. The van der Waals surface area contributed by atoms with E-state index in [1.165, 1.54) is 96.3 Å². The molecule has 0 spiro atoms. The van der Waals surface area contributed by atoms with Gasteiger partial charge in [0.2, 0.25) is 0 Å². The van der Waals surface area contributed by atoms with E-state index in [9.17, 15) is 0 Å². The van der Waals surface area contributed by atoms with Crippen molar-refractivity contribution < 1.29 is 9.47 Å². The van der Waals surface area contributed by atoms with Gasteiger partial charge in [-0.1, -0.05) is 97.8 Å². The summed E-state index contributed by atoms with van der Waals surface area (Å²) in [6, 6.07) is 0. The van der Waals surface area contributed by atoms with Gasteiger partial charge >= 0.3 is 0 Å². The largest absolute Gasteiger partial charge is 0.350 e. The molecular formula is C25H50O2. The maximum atomic E-state index is 6.03. The van der Waals surface area contributed by atoms with E-state index < -0.39 is 5.79 Å². The molecule has 162 valence electrons. The summed E-state index contributed by atoms with van der Waals surface area (Å²) in [7, 11) is 0. The molecule has 2 nitrogen and oxygen atoms in total. The minimum Gasteiger partial charge on any atom is -0.350 e. The summed E-state index contributed by atoms with van der Waals surface area (Å²) in [4.78, 5) is 0. The van der Waals surface area contributed by atoms with Gasteiger partial charge in [0.25, 0.3) is 0 Å². The van der Waals surface area contributed by atoms with Gasteiger partial charge in [-0.3, -0.25) is 0 Å². The Kier molecular flexibility index (Phi) is 12.9. The molecule has 1 atom stereocenters. The van der Waals surface area contributed by atoms with E-state index in [0.717, 1.165) is 19.1 Å². The molecule has 1 heterocycles. The van der Waals surface area contributed by atoms with E-state index in [1.807, 2.05) is 13.8 Å². The molecule has 1 unspecified atom stereocenters. The first-order valence-corrected chi connectivity index (χ1v) is 12.2. The third kappa shape index (κ3) is 10.9. The second-order valence-corrected chi connectivity index (χ2v) is 9.64. The van der Waals surface area contributed by atoms with Gasteiger partial charge in [-0.05, 0) is 39.0 Å². The van der Waals surface area contributed by atoms with Crippen molar-refractivity contribution in [3.8, 4) is 0 Å². The maximum Gasteiger partial charge on any atom is 0.162 e. The lowest BCUT2D eigenvalue weighted by atomic mass is 9.77. The number of unbranched alkanes of at least 4 members (excludes halogenated alkanes) is 8. The fourth-order valence-electron chi connectivity index (χ4n) is 4.28. The van der Waals surface area contributed by atoms with Gasteiger partial charge in [0, 0.05) is 5.41 Å². The molecule has 0 N–H and O–H groups in total. The van der Waals surface area contributed by atoms with Gasteiger partial charge in [0.15, 0.2) is 5.79 Å². The molecule has 0 amide bonds. The van der Waals surface area contributed by atoms with Gasteiger partial charge in [0.05, 0.1) is 13.2 Å². The van der Waals surface area contributed by atoms with Crippen LogP contribution in [0, 0.1) is 11.3 Å². The van der Waals surface area contributed by atoms with Crippen LogP contribution in [0.25, 0.3) is 0 Å². The minimum absolute atomic E-state index is 0.248. The molecule has 0 bridgehead atoms. The Bertz CT molecular complexity index is 340. The highest BCUT2D eigenvalue weighted by atomic mass is 16.7. The highest BCUT2D eigenvalue weighted by molar-refractivity contribution is 4.83. The second kappa shape index (κ2) is 14.0. The van der Waals surface area contributed by atoms with E-state index >= 15 is 0 Å². The zero-order valence-electron chi connectivity index (χ0n) is 19.4. The van der Waals surface area contributed by atoms with E-state index in [4.69, 9.17) is 9.47 Å². The van der Waals surface area contributed by atoms with E-state index in [0.29, 0.717) is 0 Å². The van der Waals surface area contributed by atoms with Crippen LogP contribution in [0.5, 0.6) is 0 Å². The first kappa shape index (κ1) is 25.0.